The molecule has 0 aromatic heterocycles. The molecule has 138 valence electrons. The van der Waals surface area contributed by atoms with Crippen molar-refractivity contribution in [3.05, 3.63) is 35.9 Å². The van der Waals surface area contributed by atoms with Crippen molar-refractivity contribution in [2.75, 3.05) is 32.8 Å². The quantitative estimate of drug-likeness (QED) is 0.677. The lowest BCUT2D eigenvalue weighted by molar-refractivity contribution is -0.152. The second kappa shape index (κ2) is 9.56. The van der Waals surface area contributed by atoms with E-state index in [9.17, 15) is 9.59 Å². The molecule has 25 heavy (non-hydrogen) atoms. The third-order valence-electron chi connectivity index (χ3n) is 4.86. The van der Waals surface area contributed by atoms with Crippen molar-refractivity contribution in [1.29, 1.82) is 0 Å². The number of hydrogen-bond donors (Lipinski definition) is 0. The summed E-state index contributed by atoms with van der Waals surface area (Å²) in [6.07, 6.45) is 2.73. The SMILES string of the molecule is CCOC(=O)CCCN1CCC(C(=O)OCC)(c2ccccc2)CC1. The van der Waals surface area contributed by atoms with E-state index in [-0.39, 0.29) is 11.9 Å². The van der Waals surface area contributed by atoms with E-state index < -0.39 is 5.41 Å². The summed E-state index contributed by atoms with van der Waals surface area (Å²) in [5.74, 6) is -0.253. The van der Waals surface area contributed by atoms with Gasteiger partial charge >= 0.3 is 11.9 Å². The van der Waals surface area contributed by atoms with Crippen molar-refractivity contribution in [2.45, 2.75) is 44.9 Å². The summed E-state index contributed by atoms with van der Waals surface area (Å²) in [6, 6.07) is 9.96. The van der Waals surface area contributed by atoms with Crippen molar-refractivity contribution in [2.24, 2.45) is 0 Å². The van der Waals surface area contributed by atoms with Gasteiger partial charge in [0.25, 0.3) is 0 Å². The Kier molecular flexibility index (Phi) is 7.44. The van der Waals surface area contributed by atoms with Crippen molar-refractivity contribution in [3.63, 3.8) is 0 Å². The maximum Gasteiger partial charge on any atom is 0.316 e. The number of benzene rings is 1. The van der Waals surface area contributed by atoms with Crippen LogP contribution in [0.15, 0.2) is 30.3 Å². The summed E-state index contributed by atoms with van der Waals surface area (Å²) >= 11 is 0. The van der Waals surface area contributed by atoms with Gasteiger partial charge in [0, 0.05) is 6.42 Å². The van der Waals surface area contributed by atoms with Gasteiger partial charge in [-0.05, 0) is 58.3 Å². The maximum absolute atomic E-state index is 12.7. The molecule has 0 bridgehead atoms. The number of ether oxygens (including phenoxy) is 2. The Hall–Kier alpha value is -1.88. The largest absolute Gasteiger partial charge is 0.466 e. The molecule has 2 rings (SSSR count). The van der Waals surface area contributed by atoms with Crippen LogP contribution < -0.4 is 0 Å². The molecule has 0 radical (unpaired) electrons. The molecule has 0 aliphatic carbocycles. The second-order valence-corrected chi connectivity index (χ2v) is 6.42. The van der Waals surface area contributed by atoms with E-state index in [1.54, 1.807) is 0 Å². The van der Waals surface area contributed by atoms with Gasteiger partial charge in [0.15, 0.2) is 0 Å². The standard InChI is InChI=1S/C20H29NO4/c1-3-24-18(22)11-8-14-21-15-12-20(13-16-21,19(23)25-4-2)17-9-6-5-7-10-17/h5-7,9-10H,3-4,8,11-16H2,1-2H3. The fourth-order valence-corrected chi connectivity index (χ4v) is 3.48. The molecular formula is C20H29NO4. The summed E-state index contributed by atoms with van der Waals surface area (Å²) in [5, 5.41) is 0. The van der Waals surface area contributed by atoms with E-state index in [4.69, 9.17) is 9.47 Å². The van der Waals surface area contributed by atoms with Crippen LogP contribution in [0.5, 0.6) is 0 Å². The van der Waals surface area contributed by atoms with Crippen LogP contribution in [0.2, 0.25) is 0 Å². The number of piperidine rings is 1. The highest BCUT2D eigenvalue weighted by Gasteiger charge is 2.43. The highest BCUT2D eigenvalue weighted by molar-refractivity contribution is 5.83. The topological polar surface area (TPSA) is 55.8 Å². The number of carbonyl (C=O) groups is 2. The molecule has 1 aliphatic heterocycles. The second-order valence-electron chi connectivity index (χ2n) is 6.42. The Morgan fingerprint density at radius 3 is 2.28 bits per heavy atom. The van der Waals surface area contributed by atoms with Crippen molar-refractivity contribution >= 4 is 11.9 Å². The lowest BCUT2D eigenvalue weighted by Gasteiger charge is -2.40. The van der Waals surface area contributed by atoms with Crippen LogP contribution in [0, 0.1) is 0 Å². The summed E-state index contributed by atoms with van der Waals surface area (Å²) in [4.78, 5) is 26.5. The first-order valence-corrected chi connectivity index (χ1v) is 9.23. The van der Waals surface area contributed by atoms with E-state index >= 15 is 0 Å². The van der Waals surface area contributed by atoms with E-state index in [1.165, 1.54) is 0 Å². The Morgan fingerprint density at radius 1 is 1.04 bits per heavy atom. The molecule has 0 spiro atoms. The summed E-state index contributed by atoms with van der Waals surface area (Å²) in [5.41, 5.74) is 0.495. The van der Waals surface area contributed by atoms with Gasteiger partial charge in [-0.25, -0.2) is 0 Å². The van der Waals surface area contributed by atoms with E-state index in [0.717, 1.165) is 44.5 Å². The maximum atomic E-state index is 12.7. The van der Waals surface area contributed by atoms with Crippen LogP contribution >= 0.6 is 0 Å². The predicted molar refractivity (Wildman–Crippen MR) is 96.3 cm³/mol. The number of carbonyl (C=O) groups excluding carboxylic acids is 2. The molecule has 1 saturated heterocycles. The van der Waals surface area contributed by atoms with Gasteiger partial charge in [-0.15, -0.1) is 0 Å². The molecule has 1 aliphatic rings. The van der Waals surface area contributed by atoms with Crippen LogP contribution in [0.4, 0.5) is 0 Å². The van der Waals surface area contributed by atoms with Gasteiger partial charge in [0.1, 0.15) is 0 Å². The average Bonchev–Trinajstić information content (AvgIpc) is 2.63. The molecule has 0 atom stereocenters. The number of hydrogen-bond acceptors (Lipinski definition) is 5. The van der Waals surface area contributed by atoms with Gasteiger partial charge in [0.2, 0.25) is 0 Å². The number of esters is 2. The van der Waals surface area contributed by atoms with Crippen molar-refractivity contribution in [1.82, 2.24) is 4.90 Å². The molecule has 1 fully saturated rings. The molecule has 0 amide bonds. The van der Waals surface area contributed by atoms with Crippen LogP contribution in [-0.2, 0) is 24.5 Å². The smallest absolute Gasteiger partial charge is 0.316 e. The Labute approximate surface area is 150 Å². The lowest BCUT2D eigenvalue weighted by Crippen LogP contribution is -2.48. The first kappa shape index (κ1) is 19.4. The minimum Gasteiger partial charge on any atom is -0.466 e. The monoisotopic (exact) mass is 347 g/mol. The van der Waals surface area contributed by atoms with Gasteiger partial charge < -0.3 is 14.4 Å². The Balaban J connectivity index is 1.95. The Morgan fingerprint density at radius 2 is 1.68 bits per heavy atom. The molecule has 0 N–H and O–H groups in total. The Bertz CT molecular complexity index is 550. The van der Waals surface area contributed by atoms with Crippen LogP contribution in [-0.4, -0.2) is 49.7 Å². The highest BCUT2D eigenvalue weighted by atomic mass is 16.5. The molecule has 0 saturated carbocycles. The minimum atomic E-state index is -0.547. The van der Waals surface area contributed by atoms with E-state index in [0.29, 0.717) is 19.6 Å². The molecule has 5 nitrogen and oxygen atoms in total. The van der Waals surface area contributed by atoms with Gasteiger partial charge in [-0.2, -0.15) is 0 Å². The summed E-state index contributed by atoms with van der Waals surface area (Å²) in [7, 11) is 0. The fourth-order valence-electron chi connectivity index (χ4n) is 3.48. The molecule has 5 heteroatoms. The van der Waals surface area contributed by atoms with Crippen molar-refractivity contribution < 1.29 is 19.1 Å². The van der Waals surface area contributed by atoms with Gasteiger partial charge in [0.05, 0.1) is 18.6 Å². The molecule has 1 heterocycles. The third-order valence-corrected chi connectivity index (χ3v) is 4.86. The number of likely N-dealkylation sites (tertiary alicyclic amines) is 1. The van der Waals surface area contributed by atoms with Crippen LogP contribution in [0.3, 0.4) is 0 Å². The third kappa shape index (κ3) is 5.05. The first-order chi connectivity index (χ1) is 12.1. The summed E-state index contributed by atoms with van der Waals surface area (Å²) in [6.45, 7) is 7.01. The van der Waals surface area contributed by atoms with Gasteiger partial charge in [-0.1, -0.05) is 30.3 Å². The number of rotatable bonds is 8. The zero-order chi connectivity index (χ0) is 18.1. The summed E-state index contributed by atoms with van der Waals surface area (Å²) < 4.78 is 10.4. The lowest BCUT2D eigenvalue weighted by atomic mass is 9.72. The molecule has 1 aromatic carbocycles. The normalized spacial score (nSPS) is 17.0. The number of nitrogens with zero attached hydrogens (tertiary/aromatic N) is 1. The molecule has 0 unspecified atom stereocenters. The van der Waals surface area contributed by atoms with Gasteiger partial charge in [-0.3, -0.25) is 9.59 Å². The predicted octanol–water partition coefficient (Wildman–Crippen LogP) is 2.93. The average molecular weight is 347 g/mol. The highest BCUT2D eigenvalue weighted by Crippen LogP contribution is 2.37. The molecule has 1 aromatic rings. The first-order valence-electron chi connectivity index (χ1n) is 9.23. The van der Waals surface area contributed by atoms with E-state index in [2.05, 4.69) is 4.90 Å². The van der Waals surface area contributed by atoms with Crippen molar-refractivity contribution in [3.8, 4) is 0 Å². The van der Waals surface area contributed by atoms with Crippen LogP contribution in [0.1, 0.15) is 45.1 Å². The van der Waals surface area contributed by atoms with Crippen LogP contribution in [0.25, 0.3) is 0 Å². The zero-order valence-corrected chi connectivity index (χ0v) is 15.3. The van der Waals surface area contributed by atoms with E-state index in [1.807, 2.05) is 44.2 Å². The fraction of sp³-hybridized carbons (Fsp3) is 0.600. The minimum absolute atomic E-state index is 0.118. The zero-order valence-electron chi connectivity index (χ0n) is 15.3. The molecular weight excluding hydrogens is 318 g/mol.